The predicted octanol–water partition coefficient (Wildman–Crippen LogP) is 4.06. The molecule has 0 saturated heterocycles. The number of hydrogen-bond acceptors (Lipinski definition) is 2. The molecule has 0 fully saturated rings. The highest BCUT2D eigenvalue weighted by atomic mass is 35.5. The summed E-state index contributed by atoms with van der Waals surface area (Å²) < 4.78 is 18.9. The molecule has 5 heteroatoms. The molecule has 0 aliphatic rings. The van der Waals surface area contributed by atoms with Crippen LogP contribution in [0.25, 0.3) is 0 Å². The maximum atomic E-state index is 13.5. The Morgan fingerprint density at radius 2 is 2.05 bits per heavy atom. The first-order valence-corrected chi connectivity index (χ1v) is 6.26. The van der Waals surface area contributed by atoms with Crippen LogP contribution in [0.3, 0.4) is 0 Å². The number of rotatable bonds is 4. The Labute approximate surface area is 120 Å². The van der Waals surface area contributed by atoms with E-state index in [4.69, 9.17) is 21.4 Å². The van der Waals surface area contributed by atoms with E-state index in [0.717, 1.165) is 5.56 Å². The Morgan fingerprint density at radius 3 is 2.75 bits per heavy atom. The largest absolute Gasteiger partial charge is 0.488 e. The van der Waals surface area contributed by atoms with E-state index in [1.165, 1.54) is 24.3 Å². The van der Waals surface area contributed by atoms with E-state index in [1.54, 1.807) is 19.1 Å². The second kappa shape index (κ2) is 5.92. The van der Waals surface area contributed by atoms with E-state index >= 15 is 0 Å². The van der Waals surface area contributed by atoms with Crippen molar-refractivity contribution in [3.8, 4) is 5.75 Å². The van der Waals surface area contributed by atoms with Crippen molar-refractivity contribution in [2.24, 2.45) is 0 Å². The van der Waals surface area contributed by atoms with Gasteiger partial charge >= 0.3 is 5.97 Å². The van der Waals surface area contributed by atoms with Gasteiger partial charge in [-0.05, 0) is 37.3 Å². The minimum atomic E-state index is -1.09. The van der Waals surface area contributed by atoms with Gasteiger partial charge in [0, 0.05) is 10.6 Å². The van der Waals surface area contributed by atoms with Crippen LogP contribution in [0.15, 0.2) is 36.4 Å². The Morgan fingerprint density at radius 1 is 1.30 bits per heavy atom. The maximum absolute atomic E-state index is 13.5. The number of carboxylic acid groups (broad SMARTS) is 1. The lowest BCUT2D eigenvalue weighted by Gasteiger charge is -2.10. The van der Waals surface area contributed by atoms with Gasteiger partial charge in [0.25, 0.3) is 0 Å². The SMILES string of the molecule is Cc1ccc(OCc2cc(Cl)ccc2F)c(C(=O)O)c1. The summed E-state index contributed by atoms with van der Waals surface area (Å²) in [5.74, 6) is -1.34. The van der Waals surface area contributed by atoms with Gasteiger partial charge in [-0.15, -0.1) is 0 Å². The Hall–Kier alpha value is -2.07. The number of carboxylic acids is 1. The standard InChI is InChI=1S/C15H12ClFO3/c1-9-2-5-14(12(6-9)15(18)19)20-8-10-7-11(16)3-4-13(10)17/h2-7H,8H2,1H3,(H,18,19). The molecule has 1 N–H and O–H groups in total. The van der Waals surface area contributed by atoms with Crippen LogP contribution in [0.1, 0.15) is 21.5 Å². The molecule has 0 aliphatic carbocycles. The second-order valence-corrected chi connectivity index (χ2v) is 4.77. The molecule has 0 spiro atoms. The average molecular weight is 295 g/mol. The lowest BCUT2D eigenvalue weighted by atomic mass is 10.1. The molecule has 0 unspecified atom stereocenters. The van der Waals surface area contributed by atoms with Gasteiger partial charge in [-0.1, -0.05) is 23.2 Å². The van der Waals surface area contributed by atoms with E-state index in [2.05, 4.69) is 0 Å². The monoisotopic (exact) mass is 294 g/mol. The fourth-order valence-corrected chi connectivity index (χ4v) is 1.94. The van der Waals surface area contributed by atoms with Gasteiger partial charge in [0.1, 0.15) is 23.7 Å². The van der Waals surface area contributed by atoms with Crippen molar-refractivity contribution >= 4 is 17.6 Å². The van der Waals surface area contributed by atoms with Crippen LogP contribution in [0.4, 0.5) is 4.39 Å². The quantitative estimate of drug-likeness (QED) is 0.925. The van der Waals surface area contributed by atoms with Crippen molar-refractivity contribution in [3.05, 3.63) is 63.9 Å². The number of halogens is 2. The van der Waals surface area contributed by atoms with Gasteiger partial charge in [0.2, 0.25) is 0 Å². The minimum Gasteiger partial charge on any atom is -0.488 e. The third kappa shape index (κ3) is 3.27. The summed E-state index contributed by atoms with van der Waals surface area (Å²) in [7, 11) is 0. The van der Waals surface area contributed by atoms with E-state index in [-0.39, 0.29) is 23.5 Å². The fraction of sp³-hybridized carbons (Fsp3) is 0.133. The lowest BCUT2D eigenvalue weighted by molar-refractivity contribution is 0.0691. The molecule has 0 aromatic heterocycles. The molecule has 2 rings (SSSR count). The molecule has 2 aromatic rings. The average Bonchev–Trinajstić information content (AvgIpc) is 2.40. The van der Waals surface area contributed by atoms with Crippen molar-refractivity contribution in [2.45, 2.75) is 13.5 Å². The second-order valence-electron chi connectivity index (χ2n) is 4.33. The number of aromatic carboxylic acids is 1. The van der Waals surface area contributed by atoms with Crippen LogP contribution in [-0.2, 0) is 6.61 Å². The van der Waals surface area contributed by atoms with Crippen LogP contribution in [0, 0.1) is 12.7 Å². The zero-order valence-corrected chi connectivity index (χ0v) is 11.4. The van der Waals surface area contributed by atoms with Gasteiger partial charge in [0.05, 0.1) is 0 Å². The molecule has 0 atom stereocenters. The van der Waals surface area contributed by atoms with Crippen LogP contribution in [-0.4, -0.2) is 11.1 Å². The summed E-state index contributed by atoms with van der Waals surface area (Å²) in [6, 6.07) is 8.93. The Kier molecular flexibility index (Phi) is 4.25. The first kappa shape index (κ1) is 14.3. The first-order valence-electron chi connectivity index (χ1n) is 5.88. The number of aryl methyl sites for hydroxylation is 1. The topological polar surface area (TPSA) is 46.5 Å². The van der Waals surface area contributed by atoms with E-state index < -0.39 is 11.8 Å². The highest BCUT2D eigenvalue weighted by molar-refractivity contribution is 6.30. The maximum Gasteiger partial charge on any atom is 0.339 e. The summed E-state index contributed by atoms with van der Waals surface area (Å²) >= 11 is 5.78. The van der Waals surface area contributed by atoms with Crippen LogP contribution in [0.2, 0.25) is 5.02 Å². The minimum absolute atomic E-state index is 0.0486. The molecule has 0 radical (unpaired) electrons. The molecular formula is C15H12ClFO3. The molecule has 0 aliphatic heterocycles. The van der Waals surface area contributed by atoms with Crippen molar-refractivity contribution < 1.29 is 19.0 Å². The first-order chi connectivity index (χ1) is 9.47. The number of benzene rings is 2. The summed E-state index contributed by atoms with van der Waals surface area (Å²) in [5.41, 5.74) is 1.13. The number of hydrogen-bond donors (Lipinski definition) is 1. The number of ether oxygens (including phenoxy) is 1. The molecular weight excluding hydrogens is 283 g/mol. The highest BCUT2D eigenvalue weighted by Gasteiger charge is 2.12. The zero-order valence-electron chi connectivity index (χ0n) is 10.7. The van der Waals surface area contributed by atoms with Crippen LogP contribution in [0.5, 0.6) is 5.75 Å². The van der Waals surface area contributed by atoms with Crippen LogP contribution < -0.4 is 4.74 Å². The molecule has 3 nitrogen and oxygen atoms in total. The van der Waals surface area contributed by atoms with Gasteiger partial charge in [-0.25, -0.2) is 9.18 Å². The zero-order chi connectivity index (χ0) is 14.7. The van der Waals surface area contributed by atoms with Crippen LogP contribution >= 0.6 is 11.6 Å². The van der Waals surface area contributed by atoms with Crippen molar-refractivity contribution in [1.82, 2.24) is 0 Å². The van der Waals surface area contributed by atoms with E-state index in [9.17, 15) is 9.18 Å². The Bertz CT molecular complexity index is 656. The van der Waals surface area contributed by atoms with Gasteiger partial charge < -0.3 is 9.84 Å². The van der Waals surface area contributed by atoms with Gasteiger partial charge in [-0.2, -0.15) is 0 Å². The molecule has 0 bridgehead atoms. The molecule has 2 aromatic carbocycles. The fourth-order valence-electron chi connectivity index (χ4n) is 1.75. The molecule has 20 heavy (non-hydrogen) atoms. The third-order valence-electron chi connectivity index (χ3n) is 2.76. The summed E-state index contributed by atoms with van der Waals surface area (Å²) in [5, 5.41) is 9.51. The van der Waals surface area contributed by atoms with E-state index in [1.807, 2.05) is 0 Å². The Balaban J connectivity index is 2.23. The molecule has 0 amide bonds. The van der Waals surface area contributed by atoms with Crippen molar-refractivity contribution in [2.75, 3.05) is 0 Å². The van der Waals surface area contributed by atoms with Gasteiger partial charge in [0.15, 0.2) is 0 Å². The molecule has 0 heterocycles. The summed E-state index contributed by atoms with van der Waals surface area (Å²) in [6.07, 6.45) is 0. The van der Waals surface area contributed by atoms with E-state index in [0.29, 0.717) is 5.02 Å². The van der Waals surface area contributed by atoms with Gasteiger partial charge in [-0.3, -0.25) is 0 Å². The summed E-state index contributed by atoms with van der Waals surface area (Å²) in [4.78, 5) is 11.1. The summed E-state index contributed by atoms with van der Waals surface area (Å²) in [6.45, 7) is 1.70. The predicted molar refractivity (Wildman–Crippen MR) is 73.9 cm³/mol. The number of carbonyl (C=O) groups is 1. The molecule has 104 valence electrons. The lowest BCUT2D eigenvalue weighted by Crippen LogP contribution is -2.05. The normalized spacial score (nSPS) is 10.3. The van der Waals surface area contributed by atoms with Crippen molar-refractivity contribution in [3.63, 3.8) is 0 Å². The van der Waals surface area contributed by atoms with Crippen molar-refractivity contribution in [1.29, 1.82) is 0 Å². The highest BCUT2D eigenvalue weighted by Crippen LogP contribution is 2.22. The smallest absolute Gasteiger partial charge is 0.339 e. The molecule has 0 saturated carbocycles. The third-order valence-corrected chi connectivity index (χ3v) is 2.99.